The molecule has 118 valence electrons. The maximum absolute atomic E-state index is 6.21. The first-order valence-electron chi connectivity index (χ1n) is 6.95. The Bertz CT molecular complexity index is 647. The van der Waals surface area contributed by atoms with Gasteiger partial charge in [-0.2, -0.15) is 0 Å². The monoisotopic (exact) mass is 339 g/mol. The fourth-order valence-electron chi connectivity index (χ4n) is 2.45. The zero-order chi connectivity index (χ0) is 16.1. The molecular weight excluding hydrogens is 321 g/mol. The first-order chi connectivity index (χ1) is 10.6. The number of hydrogen-bond acceptors (Lipinski definition) is 3. The summed E-state index contributed by atoms with van der Waals surface area (Å²) in [6.45, 7) is 0.498. The summed E-state index contributed by atoms with van der Waals surface area (Å²) in [7, 11) is 3.24. The van der Waals surface area contributed by atoms with Crippen LogP contribution in [0.1, 0.15) is 17.0 Å². The van der Waals surface area contributed by atoms with Gasteiger partial charge in [0.1, 0.15) is 11.5 Å². The summed E-state index contributed by atoms with van der Waals surface area (Å²) in [5.74, 6) is 1.58. The molecule has 2 rings (SSSR count). The van der Waals surface area contributed by atoms with Gasteiger partial charge in [-0.15, -0.1) is 0 Å². The summed E-state index contributed by atoms with van der Waals surface area (Å²) in [6.07, 6.45) is 0.725. The quantitative estimate of drug-likeness (QED) is 0.853. The lowest BCUT2D eigenvalue weighted by Gasteiger charge is -2.18. The molecule has 2 aromatic rings. The number of rotatable bonds is 6. The minimum atomic E-state index is 0.121. The van der Waals surface area contributed by atoms with Crippen LogP contribution in [-0.4, -0.2) is 20.8 Å². The minimum absolute atomic E-state index is 0.121. The third kappa shape index (κ3) is 3.86. The normalized spacial score (nSPS) is 12.0. The van der Waals surface area contributed by atoms with Gasteiger partial charge in [0.25, 0.3) is 0 Å². The van der Waals surface area contributed by atoms with Crippen LogP contribution in [0, 0.1) is 0 Å². The highest BCUT2D eigenvalue weighted by atomic mass is 35.5. The zero-order valence-electron chi connectivity index (χ0n) is 12.6. The number of hydrogen-bond donors (Lipinski definition) is 1. The van der Waals surface area contributed by atoms with E-state index in [0.717, 1.165) is 23.3 Å². The molecule has 0 aliphatic carbocycles. The fraction of sp³-hybridized carbons (Fsp3) is 0.294. The lowest BCUT2D eigenvalue weighted by atomic mass is 9.91. The molecule has 0 aliphatic heterocycles. The van der Waals surface area contributed by atoms with Crippen LogP contribution in [0.2, 0.25) is 10.0 Å². The van der Waals surface area contributed by atoms with Crippen molar-refractivity contribution in [3.05, 3.63) is 57.6 Å². The number of nitrogens with two attached hydrogens (primary N) is 1. The van der Waals surface area contributed by atoms with Crippen LogP contribution in [0.3, 0.4) is 0 Å². The van der Waals surface area contributed by atoms with Crippen molar-refractivity contribution >= 4 is 23.2 Å². The lowest BCUT2D eigenvalue weighted by molar-refractivity contribution is 0.408. The van der Waals surface area contributed by atoms with Gasteiger partial charge in [0.15, 0.2) is 0 Å². The van der Waals surface area contributed by atoms with Gasteiger partial charge in [0, 0.05) is 10.9 Å². The molecular formula is C17H19Cl2NO2. The van der Waals surface area contributed by atoms with Gasteiger partial charge in [-0.1, -0.05) is 29.3 Å². The average Bonchev–Trinajstić information content (AvgIpc) is 2.52. The predicted molar refractivity (Wildman–Crippen MR) is 91.5 cm³/mol. The minimum Gasteiger partial charge on any atom is -0.496 e. The number of ether oxygens (including phenoxy) is 2. The van der Waals surface area contributed by atoms with E-state index in [0.29, 0.717) is 22.3 Å². The van der Waals surface area contributed by atoms with Gasteiger partial charge in [-0.3, -0.25) is 0 Å². The van der Waals surface area contributed by atoms with Crippen LogP contribution in [-0.2, 0) is 6.42 Å². The van der Waals surface area contributed by atoms with Crippen molar-refractivity contribution in [2.75, 3.05) is 20.8 Å². The summed E-state index contributed by atoms with van der Waals surface area (Å²) in [5, 5.41) is 1.26. The molecule has 0 radical (unpaired) electrons. The molecule has 3 nitrogen and oxygen atoms in total. The Hall–Kier alpha value is -1.42. The Morgan fingerprint density at radius 2 is 1.68 bits per heavy atom. The van der Waals surface area contributed by atoms with Gasteiger partial charge < -0.3 is 15.2 Å². The van der Waals surface area contributed by atoms with Crippen molar-refractivity contribution in [3.8, 4) is 11.5 Å². The number of benzene rings is 2. The summed E-state index contributed by atoms with van der Waals surface area (Å²) in [5.41, 5.74) is 8.05. The molecule has 2 N–H and O–H groups in total. The van der Waals surface area contributed by atoms with E-state index in [1.54, 1.807) is 14.2 Å². The van der Waals surface area contributed by atoms with Gasteiger partial charge >= 0.3 is 0 Å². The second-order valence-electron chi connectivity index (χ2n) is 4.99. The largest absolute Gasteiger partial charge is 0.496 e. The molecule has 5 heteroatoms. The number of halogens is 2. The SMILES string of the molecule is COc1ccc(C(CN)Cc2cc(Cl)ccc2OC)cc1Cl. The summed E-state index contributed by atoms with van der Waals surface area (Å²) in [4.78, 5) is 0. The van der Waals surface area contributed by atoms with E-state index in [2.05, 4.69) is 0 Å². The molecule has 2 aromatic carbocycles. The molecule has 0 spiro atoms. The van der Waals surface area contributed by atoms with Gasteiger partial charge in [0.2, 0.25) is 0 Å². The van der Waals surface area contributed by atoms with Crippen molar-refractivity contribution in [1.29, 1.82) is 0 Å². The van der Waals surface area contributed by atoms with E-state index in [-0.39, 0.29) is 5.92 Å². The van der Waals surface area contributed by atoms with E-state index >= 15 is 0 Å². The molecule has 22 heavy (non-hydrogen) atoms. The van der Waals surface area contributed by atoms with E-state index < -0.39 is 0 Å². The van der Waals surface area contributed by atoms with Crippen LogP contribution >= 0.6 is 23.2 Å². The van der Waals surface area contributed by atoms with Gasteiger partial charge in [0.05, 0.1) is 19.2 Å². The van der Waals surface area contributed by atoms with E-state index in [1.165, 1.54) is 0 Å². The van der Waals surface area contributed by atoms with Crippen molar-refractivity contribution in [3.63, 3.8) is 0 Å². The van der Waals surface area contributed by atoms with E-state index in [1.807, 2.05) is 36.4 Å². The van der Waals surface area contributed by atoms with Crippen molar-refractivity contribution in [2.24, 2.45) is 5.73 Å². The molecule has 0 heterocycles. The molecule has 0 saturated carbocycles. The molecule has 0 aliphatic rings. The van der Waals surface area contributed by atoms with E-state index in [4.69, 9.17) is 38.4 Å². The van der Waals surface area contributed by atoms with Crippen LogP contribution in [0.15, 0.2) is 36.4 Å². The first kappa shape index (κ1) is 16.9. The highest BCUT2D eigenvalue weighted by Gasteiger charge is 2.15. The Morgan fingerprint density at radius 1 is 1.00 bits per heavy atom. The smallest absolute Gasteiger partial charge is 0.137 e. The molecule has 0 bridgehead atoms. The fourth-order valence-corrected chi connectivity index (χ4v) is 2.91. The third-order valence-corrected chi connectivity index (χ3v) is 4.17. The average molecular weight is 340 g/mol. The molecule has 0 saturated heterocycles. The van der Waals surface area contributed by atoms with Gasteiger partial charge in [-0.05, 0) is 54.4 Å². The van der Waals surface area contributed by atoms with Crippen LogP contribution in [0.25, 0.3) is 0 Å². The summed E-state index contributed by atoms with van der Waals surface area (Å²) >= 11 is 12.3. The Balaban J connectivity index is 2.29. The van der Waals surface area contributed by atoms with E-state index in [9.17, 15) is 0 Å². The molecule has 1 atom stereocenters. The second-order valence-corrected chi connectivity index (χ2v) is 5.83. The topological polar surface area (TPSA) is 44.5 Å². The highest BCUT2D eigenvalue weighted by Crippen LogP contribution is 2.32. The van der Waals surface area contributed by atoms with Gasteiger partial charge in [-0.25, -0.2) is 0 Å². The summed E-state index contributed by atoms with van der Waals surface area (Å²) < 4.78 is 10.6. The highest BCUT2D eigenvalue weighted by molar-refractivity contribution is 6.32. The number of methoxy groups -OCH3 is 2. The molecule has 0 amide bonds. The first-order valence-corrected chi connectivity index (χ1v) is 7.70. The Kier molecular flexibility index (Phi) is 5.95. The lowest BCUT2D eigenvalue weighted by Crippen LogP contribution is -2.15. The molecule has 0 aromatic heterocycles. The van der Waals surface area contributed by atoms with Crippen LogP contribution in [0.4, 0.5) is 0 Å². The van der Waals surface area contributed by atoms with Crippen LogP contribution < -0.4 is 15.2 Å². The summed E-state index contributed by atoms with van der Waals surface area (Å²) in [6, 6.07) is 11.3. The zero-order valence-corrected chi connectivity index (χ0v) is 14.1. The maximum Gasteiger partial charge on any atom is 0.137 e. The third-order valence-electron chi connectivity index (χ3n) is 3.64. The molecule has 0 fully saturated rings. The second kappa shape index (κ2) is 7.73. The molecule has 1 unspecified atom stereocenters. The van der Waals surface area contributed by atoms with Crippen LogP contribution in [0.5, 0.6) is 11.5 Å². The van der Waals surface area contributed by atoms with Crippen molar-refractivity contribution < 1.29 is 9.47 Å². The Morgan fingerprint density at radius 3 is 2.27 bits per heavy atom. The predicted octanol–water partition coefficient (Wildman–Crippen LogP) is 4.30. The van der Waals surface area contributed by atoms with Crippen molar-refractivity contribution in [1.82, 2.24) is 0 Å². The Labute approximate surface area is 140 Å². The van der Waals surface area contributed by atoms with Crippen molar-refractivity contribution in [2.45, 2.75) is 12.3 Å². The standard InChI is InChI=1S/C17H19Cl2NO2/c1-21-16-6-4-14(18)8-12(16)7-13(10-20)11-3-5-17(22-2)15(19)9-11/h3-6,8-9,13H,7,10,20H2,1-2H3. The maximum atomic E-state index is 6.21.